The monoisotopic (exact) mass is 347 g/mol. The molecule has 5 heteroatoms. The molecular formula is C21H21N3O2. The molecule has 2 N–H and O–H groups in total. The molecule has 0 atom stereocenters. The molecule has 0 radical (unpaired) electrons. The van der Waals surface area contributed by atoms with E-state index in [1.54, 1.807) is 7.11 Å². The third kappa shape index (κ3) is 4.00. The lowest BCUT2D eigenvalue weighted by atomic mass is 10.0. The number of methoxy groups -OCH3 is 1. The first kappa shape index (κ1) is 17.5. The summed E-state index contributed by atoms with van der Waals surface area (Å²) >= 11 is 0. The first-order valence-corrected chi connectivity index (χ1v) is 8.37. The Hall–Kier alpha value is -3.34. The highest BCUT2D eigenvalue weighted by molar-refractivity contribution is 6.09. The molecule has 3 aromatic rings. The highest BCUT2D eigenvalue weighted by atomic mass is 16.5. The summed E-state index contributed by atoms with van der Waals surface area (Å²) in [5.74, 6) is 0.464. The Morgan fingerprint density at radius 2 is 1.73 bits per heavy atom. The van der Waals surface area contributed by atoms with Crippen LogP contribution in [0.3, 0.4) is 0 Å². The number of amides is 1. The molecule has 0 saturated carbocycles. The Morgan fingerprint density at radius 3 is 2.58 bits per heavy atom. The van der Waals surface area contributed by atoms with Crippen LogP contribution in [0.25, 0.3) is 10.8 Å². The van der Waals surface area contributed by atoms with E-state index in [0.29, 0.717) is 5.75 Å². The number of carbonyl (C=O) groups is 1. The van der Waals surface area contributed by atoms with Gasteiger partial charge >= 0.3 is 0 Å². The molecule has 26 heavy (non-hydrogen) atoms. The number of ether oxygens (including phenoxy) is 1. The zero-order valence-corrected chi connectivity index (χ0v) is 14.8. The number of para-hydroxylation sites is 2. The molecule has 5 nitrogen and oxygen atoms in total. The average molecular weight is 347 g/mol. The Morgan fingerprint density at radius 1 is 1.00 bits per heavy atom. The van der Waals surface area contributed by atoms with E-state index in [2.05, 4.69) is 34.0 Å². The lowest BCUT2D eigenvalue weighted by Gasteiger charge is -2.10. The summed E-state index contributed by atoms with van der Waals surface area (Å²) in [5, 5.41) is 9.55. The van der Waals surface area contributed by atoms with Crippen molar-refractivity contribution in [2.45, 2.75) is 6.92 Å². The number of anilines is 1. The first-order valence-electron chi connectivity index (χ1n) is 8.37. The van der Waals surface area contributed by atoms with Gasteiger partial charge in [0.05, 0.1) is 25.1 Å². The van der Waals surface area contributed by atoms with Crippen LogP contribution < -0.4 is 15.5 Å². The first-order chi connectivity index (χ1) is 12.7. The lowest BCUT2D eigenvalue weighted by molar-refractivity contribution is -0.119. The minimum absolute atomic E-state index is 0.104. The topological polar surface area (TPSA) is 62.7 Å². The van der Waals surface area contributed by atoms with Gasteiger partial charge in [0.15, 0.2) is 0 Å². The molecule has 0 bridgehead atoms. The number of benzene rings is 3. The molecule has 1 amide bonds. The molecule has 0 aromatic heterocycles. The third-order valence-corrected chi connectivity index (χ3v) is 4.07. The maximum atomic E-state index is 12.1. The van der Waals surface area contributed by atoms with Crippen molar-refractivity contribution in [2.75, 3.05) is 19.0 Å². The summed E-state index contributed by atoms with van der Waals surface area (Å²) < 4.78 is 5.25. The van der Waals surface area contributed by atoms with Crippen molar-refractivity contribution in [3.05, 3.63) is 72.3 Å². The lowest BCUT2D eigenvalue weighted by Crippen LogP contribution is -2.26. The molecule has 0 aliphatic heterocycles. The Labute approximate surface area is 152 Å². The third-order valence-electron chi connectivity index (χ3n) is 4.07. The van der Waals surface area contributed by atoms with Crippen LogP contribution in [0.5, 0.6) is 5.75 Å². The van der Waals surface area contributed by atoms with Crippen molar-refractivity contribution in [3.8, 4) is 5.75 Å². The molecule has 0 heterocycles. The predicted molar refractivity (Wildman–Crippen MR) is 106 cm³/mol. The number of nitrogens with one attached hydrogen (secondary N) is 2. The van der Waals surface area contributed by atoms with Gasteiger partial charge in [-0.25, -0.2) is 5.43 Å². The van der Waals surface area contributed by atoms with Gasteiger partial charge in [0.1, 0.15) is 5.75 Å². The van der Waals surface area contributed by atoms with Crippen molar-refractivity contribution in [1.82, 2.24) is 5.43 Å². The second-order valence-electron chi connectivity index (χ2n) is 5.81. The van der Waals surface area contributed by atoms with Gasteiger partial charge in [-0.2, -0.15) is 5.10 Å². The number of hydrogen-bond acceptors (Lipinski definition) is 4. The Bertz CT molecular complexity index is 945. The SMILES string of the molecule is COc1ccccc1NCC(=O)N/N=C(\C)c1cccc2ccccc12. The molecular weight excluding hydrogens is 326 g/mol. The van der Waals surface area contributed by atoms with E-state index in [0.717, 1.165) is 27.7 Å². The highest BCUT2D eigenvalue weighted by Gasteiger charge is 2.06. The van der Waals surface area contributed by atoms with Gasteiger partial charge in [0.2, 0.25) is 0 Å². The van der Waals surface area contributed by atoms with E-state index >= 15 is 0 Å². The number of nitrogens with zero attached hydrogens (tertiary/aromatic N) is 1. The van der Waals surface area contributed by atoms with E-state index < -0.39 is 0 Å². The zero-order chi connectivity index (χ0) is 18.4. The van der Waals surface area contributed by atoms with Gasteiger partial charge in [-0.3, -0.25) is 4.79 Å². The van der Waals surface area contributed by atoms with Crippen molar-refractivity contribution in [3.63, 3.8) is 0 Å². The molecule has 0 saturated heterocycles. The number of carbonyl (C=O) groups excluding carboxylic acids is 1. The quantitative estimate of drug-likeness (QED) is 0.527. The van der Waals surface area contributed by atoms with Crippen molar-refractivity contribution < 1.29 is 9.53 Å². The van der Waals surface area contributed by atoms with Gasteiger partial charge in [0, 0.05) is 5.56 Å². The molecule has 3 aromatic carbocycles. The minimum Gasteiger partial charge on any atom is -0.495 e. The van der Waals surface area contributed by atoms with E-state index in [1.165, 1.54) is 0 Å². The standard InChI is InChI=1S/C21H21N3O2/c1-15(17-11-7-9-16-8-3-4-10-18(16)17)23-24-21(25)14-22-19-12-5-6-13-20(19)26-2/h3-13,22H,14H2,1-2H3,(H,24,25)/b23-15+. The van der Waals surface area contributed by atoms with Crippen molar-refractivity contribution in [1.29, 1.82) is 0 Å². The van der Waals surface area contributed by atoms with E-state index in [1.807, 2.05) is 55.5 Å². The fraction of sp³-hybridized carbons (Fsp3) is 0.143. The Balaban J connectivity index is 1.66. The number of hydrogen-bond donors (Lipinski definition) is 2. The largest absolute Gasteiger partial charge is 0.495 e. The predicted octanol–water partition coefficient (Wildman–Crippen LogP) is 3.80. The molecule has 0 spiro atoms. The van der Waals surface area contributed by atoms with Crippen LogP contribution in [0.4, 0.5) is 5.69 Å². The molecule has 3 rings (SSSR count). The average Bonchev–Trinajstić information content (AvgIpc) is 2.70. The number of hydrazone groups is 1. The van der Waals surface area contributed by atoms with Gasteiger partial charge in [0.25, 0.3) is 5.91 Å². The van der Waals surface area contributed by atoms with Gasteiger partial charge in [-0.15, -0.1) is 0 Å². The Kier molecular flexibility index (Phi) is 5.49. The zero-order valence-electron chi connectivity index (χ0n) is 14.8. The van der Waals surface area contributed by atoms with Crippen LogP contribution in [0.2, 0.25) is 0 Å². The summed E-state index contributed by atoms with van der Waals surface area (Å²) in [4.78, 5) is 12.1. The number of fused-ring (bicyclic) bond motifs is 1. The van der Waals surface area contributed by atoms with Crippen molar-refractivity contribution in [2.24, 2.45) is 5.10 Å². The maximum Gasteiger partial charge on any atom is 0.259 e. The molecule has 0 aliphatic carbocycles. The minimum atomic E-state index is -0.226. The van der Waals surface area contributed by atoms with Gasteiger partial charge in [-0.05, 0) is 29.8 Å². The van der Waals surface area contributed by atoms with Crippen LogP contribution in [0.1, 0.15) is 12.5 Å². The van der Waals surface area contributed by atoms with Crippen LogP contribution in [0, 0.1) is 0 Å². The fourth-order valence-corrected chi connectivity index (χ4v) is 2.75. The van der Waals surface area contributed by atoms with Crippen LogP contribution in [0.15, 0.2) is 71.8 Å². The number of rotatable bonds is 6. The highest BCUT2D eigenvalue weighted by Crippen LogP contribution is 2.22. The van der Waals surface area contributed by atoms with Gasteiger partial charge in [-0.1, -0.05) is 54.6 Å². The molecule has 0 aliphatic rings. The summed E-state index contributed by atoms with van der Waals surface area (Å²) in [6.45, 7) is 1.99. The molecule has 132 valence electrons. The van der Waals surface area contributed by atoms with Crippen LogP contribution in [-0.2, 0) is 4.79 Å². The van der Waals surface area contributed by atoms with E-state index in [4.69, 9.17) is 4.74 Å². The van der Waals surface area contributed by atoms with Crippen LogP contribution >= 0.6 is 0 Å². The summed E-state index contributed by atoms with van der Waals surface area (Å²) in [7, 11) is 1.60. The van der Waals surface area contributed by atoms with E-state index in [-0.39, 0.29) is 12.5 Å². The molecule has 0 unspecified atom stereocenters. The second kappa shape index (κ2) is 8.16. The smallest absolute Gasteiger partial charge is 0.259 e. The fourth-order valence-electron chi connectivity index (χ4n) is 2.75. The second-order valence-corrected chi connectivity index (χ2v) is 5.81. The summed E-state index contributed by atoms with van der Waals surface area (Å²) in [5.41, 5.74) is 5.12. The van der Waals surface area contributed by atoms with Crippen molar-refractivity contribution >= 4 is 28.1 Å². The van der Waals surface area contributed by atoms with Gasteiger partial charge < -0.3 is 10.1 Å². The van der Waals surface area contributed by atoms with E-state index in [9.17, 15) is 4.79 Å². The molecule has 0 fully saturated rings. The summed E-state index contributed by atoms with van der Waals surface area (Å²) in [6.07, 6.45) is 0. The van der Waals surface area contributed by atoms with Crippen LogP contribution in [-0.4, -0.2) is 25.3 Å². The maximum absolute atomic E-state index is 12.1. The summed E-state index contributed by atoms with van der Waals surface area (Å²) in [6, 6.07) is 21.6. The normalized spacial score (nSPS) is 11.2.